The molecule has 0 aromatic carbocycles. The predicted octanol–water partition coefficient (Wildman–Crippen LogP) is 0.941. The number of hydrogen-bond donors (Lipinski definition) is 1. The van der Waals surface area contributed by atoms with Crippen LogP contribution < -0.4 is 0 Å². The van der Waals surface area contributed by atoms with Crippen LogP contribution in [0.5, 0.6) is 0 Å². The number of hydrogen-bond acceptors (Lipinski definition) is 4. The number of aliphatic hydroxyl groups is 1. The maximum absolute atomic E-state index is 11.4. The lowest BCUT2D eigenvalue weighted by Gasteiger charge is -2.33. The van der Waals surface area contributed by atoms with E-state index < -0.39 is 0 Å². The molecule has 1 N–H and O–H groups in total. The third kappa shape index (κ3) is 3.38. The maximum atomic E-state index is 11.4. The number of amides is 1. The monoisotopic (exact) mass is 219 g/mol. The minimum atomic E-state index is -0.307. The molecule has 14 heavy (non-hydrogen) atoms. The Balaban J connectivity index is 2.38. The zero-order chi connectivity index (χ0) is 10.6. The van der Waals surface area contributed by atoms with Crippen molar-refractivity contribution in [2.45, 2.75) is 24.3 Å². The van der Waals surface area contributed by atoms with Gasteiger partial charge in [0, 0.05) is 23.6 Å². The Morgan fingerprint density at radius 3 is 2.57 bits per heavy atom. The van der Waals surface area contributed by atoms with Gasteiger partial charge in [-0.1, -0.05) is 13.8 Å². The fourth-order valence-corrected chi connectivity index (χ4v) is 2.88. The Morgan fingerprint density at radius 1 is 1.50 bits per heavy atom. The van der Waals surface area contributed by atoms with Crippen LogP contribution in [0.4, 0.5) is 4.79 Å². The fourth-order valence-electron chi connectivity index (χ4n) is 1.55. The minimum absolute atomic E-state index is 0.0885. The maximum Gasteiger partial charge on any atom is 0.409 e. The second-order valence-corrected chi connectivity index (χ2v) is 5.38. The van der Waals surface area contributed by atoms with E-state index in [1.807, 2.05) is 11.8 Å². The third-order valence-corrected chi connectivity index (χ3v) is 3.22. The summed E-state index contributed by atoms with van der Waals surface area (Å²) < 4.78 is 4.86. The van der Waals surface area contributed by atoms with Gasteiger partial charge in [0.2, 0.25) is 0 Å². The molecule has 0 bridgehead atoms. The molecule has 0 radical (unpaired) electrons. The first-order chi connectivity index (χ1) is 6.63. The number of thioether (sulfide) groups is 1. The van der Waals surface area contributed by atoms with Gasteiger partial charge in [-0.3, -0.25) is 0 Å². The molecular weight excluding hydrogens is 202 g/mol. The molecule has 0 saturated carbocycles. The van der Waals surface area contributed by atoms with Gasteiger partial charge in [0.25, 0.3) is 0 Å². The normalized spacial score (nSPS) is 27.5. The lowest BCUT2D eigenvalue weighted by atomic mass is 10.3. The highest BCUT2D eigenvalue weighted by Crippen LogP contribution is 2.24. The van der Waals surface area contributed by atoms with E-state index in [2.05, 4.69) is 13.8 Å². The zero-order valence-electron chi connectivity index (χ0n) is 8.60. The second kappa shape index (κ2) is 5.46. The molecular formula is C9H17NO3S. The van der Waals surface area contributed by atoms with E-state index in [1.54, 1.807) is 4.90 Å². The highest BCUT2D eigenvalue weighted by atomic mass is 32.2. The molecule has 1 aliphatic rings. The number of ether oxygens (including phenoxy) is 1. The van der Waals surface area contributed by atoms with E-state index in [-0.39, 0.29) is 19.3 Å². The van der Waals surface area contributed by atoms with E-state index in [0.717, 1.165) is 13.1 Å². The van der Waals surface area contributed by atoms with Gasteiger partial charge in [0.1, 0.15) is 6.61 Å². The van der Waals surface area contributed by atoms with E-state index in [0.29, 0.717) is 10.5 Å². The Kier molecular flexibility index (Phi) is 4.54. The van der Waals surface area contributed by atoms with E-state index >= 15 is 0 Å². The molecule has 2 atom stereocenters. The van der Waals surface area contributed by atoms with Gasteiger partial charge >= 0.3 is 6.09 Å². The van der Waals surface area contributed by atoms with Gasteiger partial charge < -0.3 is 14.7 Å². The molecule has 2 unspecified atom stereocenters. The number of rotatable bonds is 2. The molecule has 1 fully saturated rings. The van der Waals surface area contributed by atoms with E-state index in [1.165, 1.54) is 0 Å². The van der Waals surface area contributed by atoms with Crippen LogP contribution in [0.15, 0.2) is 0 Å². The van der Waals surface area contributed by atoms with Crippen molar-refractivity contribution in [2.24, 2.45) is 0 Å². The molecule has 1 aliphatic heterocycles. The summed E-state index contributed by atoms with van der Waals surface area (Å²) in [6, 6.07) is 0. The predicted molar refractivity (Wildman–Crippen MR) is 56.5 cm³/mol. The fraction of sp³-hybridized carbons (Fsp3) is 0.889. The van der Waals surface area contributed by atoms with Crippen molar-refractivity contribution in [2.75, 3.05) is 26.3 Å². The van der Waals surface area contributed by atoms with Crippen molar-refractivity contribution in [3.05, 3.63) is 0 Å². The Labute approximate surface area is 88.6 Å². The van der Waals surface area contributed by atoms with Gasteiger partial charge in [0.05, 0.1) is 6.61 Å². The molecule has 4 nitrogen and oxygen atoms in total. The van der Waals surface area contributed by atoms with Crippen molar-refractivity contribution in [3.63, 3.8) is 0 Å². The summed E-state index contributed by atoms with van der Waals surface area (Å²) in [4.78, 5) is 13.1. The van der Waals surface area contributed by atoms with Crippen LogP contribution in [-0.4, -0.2) is 52.9 Å². The van der Waals surface area contributed by atoms with Gasteiger partial charge in [-0.2, -0.15) is 11.8 Å². The summed E-state index contributed by atoms with van der Waals surface area (Å²) in [5.74, 6) is 0. The summed E-state index contributed by atoms with van der Waals surface area (Å²) in [5.41, 5.74) is 0. The second-order valence-electron chi connectivity index (χ2n) is 3.50. The van der Waals surface area contributed by atoms with Gasteiger partial charge in [-0.15, -0.1) is 0 Å². The number of aliphatic hydroxyl groups excluding tert-OH is 1. The standard InChI is InChI=1S/C9H17NO3S/c1-7-5-10(6-8(2)14-7)9(12)13-4-3-11/h7-8,11H,3-6H2,1-2H3. The molecule has 0 aromatic heterocycles. The average Bonchev–Trinajstić information content (AvgIpc) is 2.12. The van der Waals surface area contributed by atoms with Crippen molar-refractivity contribution in [3.8, 4) is 0 Å². The van der Waals surface area contributed by atoms with E-state index in [9.17, 15) is 4.79 Å². The number of nitrogens with zero attached hydrogens (tertiary/aromatic N) is 1. The Hall–Kier alpha value is -0.420. The van der Waals surface area contributed by atoms with Crippen molar-refractivity contribution < 1.29 is 14.6 Å². The molecule has 0 aliphatic carbocycles. The van der Waals surface area contributed by atoms with Gasteiger partial charge in [-0.25, -0.2) is 4.79 Å². The van der Waals surface area contributed by atoms with Crippen LogP contribution in [0.1, 0.15) is 13.8 Å². The molecule has 1 heterocycles. The summed E-state index contributed by atoms with van der Waals surface area (Å²) in [7, 11) is 0. The lowest BCUT2D eigenvalue weighted by Crippen LogP contribution is -2.44. The third-order valence-electron chi connectivity index (χ3n) is 1.99. The largest absolute Gasteiger partial charge is 0.447 e. The van der Waals surface area contributed by atoms with Crippen LogP contribution in [0, 0.1) is 0 Å². The van der Waals surface area contributed by atoms with Crippen LogP contribution >= 0.6 is 11.8 Å². The summed E-state index contributed by atoms with van der Waals surface area (Å²) >= 11 is 1.89. The first-order valence-corrected chi connectivity index (χ1v) is 5.75. The first kappa shape index (κ1) is 11.7. The van der Waals surface area contributed by atoms with Crippen LogP contribution in [0.3, 0.4) is 0 Å². The topological polar surface area (TPSA) is 49.8 Å². The highest BCUT2D eigenvalue weighted by molar-refractivity contribution is 8.00. The minimum Gasteiger partial charge on any atom is -0.447 e. The van der Waals surface area contributed by atoms with E-state index in [4.69, 9.17) is 9.84 Å². The molecule has 1 saturated heterocycles. The molecule has 5 heteroatoms. The Bertz CT molecular complexity index is 190. The molecule has 0 spiro atoms. The molecule has 82 valence electrons. The first-order valence-electron chi connectivity index (χ1n) is 4.81. The van der Waals surface area contributed by atoms with Gasteiger partial charge in [-0.05, 0) is 0 Å². The van der Waals surface area contributed by atoms with Crippen LogP contribution in [0.2, 0.25) is 0 Å². The quantitative estimate of drug-likeness (QED) is 0.751. The zero-order valence-corrected chi connectivity index (χ0v) is 9.42. The summed E-state index contributed by atoms with van der Waals surface area (Å²) in [5, 5.41) is 9.44. The van der Waals surface area contributed by atoms with Crippen LogP contribution in [0.25, 0.3) is 0 Å². The van der Waals surface area contributed by atoms with Crippen LogP contribution in [-0.2, 0) is 4.74 Å². The highest BCUT2D eigenvalue weighted by Gasteiger charge is 2.26. The smallest absolute Gasteiger partial charge is 0.409 e. The molecule has 1 rings (SSSR count). The van der Waals surface area contributed by atoms with Crippen molar-refractivity contribution in [1.82, 2.24) is 4.90 Å². The van der Waals surface area contributed by atoms with Gasteiger partial charge in [0.15, 0.2) is 0 Å². The number of carbonyl (C=O) groups excluding carboxylic acids is 1. The lowest BCUT2D eigenvalue weighted by molar-refractivity contribution is 0.0837. The molecule has 1 amide bonds. The summed E-state index contributed by atoms with van der Waals surface area (Å²) in [6.07, 6.45) is -0.307. The number of carbonyl (C=O) groups is 1. The SMILES string of the molecule is CC1CN(C(=O)OCCO)CC(C)S1. The Morgan fingerprint density at radius 2 is 2.07 bits per heavy atom. The van der Waals surface area contributed by atoms with Crippen molar-refractivity contribution >= 4 is 17.9 Å². The summed E-state index contributed by atoms with van der Waals surface area (Å²) in [6.45, 7) is 5.66. The average molecular weight is 219 g/mol. The van der Waals surface area contributed by atoms with Crippen molar-refractivity contribution in [1.29, 1.82) is 0 Å². The molecule has 0 aromatic rings.